The Morgan fingerprint density at radius 1 is 0.759 bits per heavy atom. The number of nitrogens with zero attached hydrogens (tertiary/aromatic N) is 3. The molecule has 0 aliphatic heterocycles. The first-order valence-corrected chi connectivity index (χ1v) is 17.5. The minimum Gasteiger partial charge on any atom is -0.454 e. The summed E-state index contributed by atoms with van der Waals surface area (Å²) in [6.45, 7) is 8.60. The number of alkyl halides is 3. The molecule has 0 bridgehead atoms. The van der Waals surface area contributed by atoms with Crippen LogP contribution in [-0.2, 0) is 20.5 Å². The number of ether oxygens (including phenoxy) is 1. The normalized spacial score (nSPS) is 13.7. The van der Waals surface area contributed by atoms with E-state index in [2.05, 4.69) is 62.3 Å². The van der Waals surface area contributed by atoms with Crippen molar-refractivity contribution in [3.8, 4) is 6.01 Å². The molecule has 5 N–H and O–H groups in total. The molecule has 54 heavy (non-hydrogen) atoms. The number of carbonyl (C=O) groups excluding carboxylic acids is 3. The van der Waals surface area contributed by atoms with E-state index in [-0.39, 0.29) is 36.3 Å². The van der Waals surface area contributed by atoms with Crippen molar-refractivity contribution in [1.29, 1.82) is 0 Å². The van der Waals surface area contributed by atoms with Crippen LogP contribution in [-0.4, -0.2) is 58.5 Å². The maximum atomic E-state index is 13.0. The second-order valence-corrected chi connectivity index (χ2v) is 15.3. The van der Waals surface area contributed by atoms with Crippen molar-refractivity contribution in [2.45, 2.75) is 64.6 Å². The van der Waals surface area contributed by atoms with Gasteiger partial charge in [-0.15, -0.1) is 0 Å². The summed E-state index contributed by atoms with van der Waals surface area (Å²) < 4.78 is 43.7. The van der Waals surface area contributed by atoms with Crippen molar-refractivity contribution >= 4 is 52.6 Å². The zero-order valence-corrected chi connectivity index (χ0v) is 31.2. The fraction of sp³-hybridized carbons (Fsp3) is 0.368. The zero-order valence-electron chi connectivity index (χ0n) is 30.5. The fourth-order valence-corrected chi connectivity index (χ4v) is 5.36. The summed E-state index contributed by atoms with van der Waals surface area (Å²) in [7, 11) is 0. The highest BCUT2D eigenvalue weighted by Crippen LogP contribution is 2.48. The predicted octanol–water partition coefficient (Wildman–Crippen LogP) is 7.12. The van der Waals surface area contributed by atoms with Crippen molar-refractivity contribution < 1.29 is 32.3 Å². The molecular weight excluding hydrogens is 725 g/mol. The Hall–Kier alpha value is -5.44. The molecule has 1 heterocycles. The van der Waals surface area contributed by atoms with Gasteiger partial charge in [0.2, 0.25) is 11.9 Å². The van der Waals surface area contributed by atoms with Gasteiger partial charge in [-0.05, 0) is 83.3 Å². The fourth-order valence-electron chi connectivity index (χ4n) is 5.23. The largest absolute Gasteiger partial charge is 0.454 e. The first-order valence-electron chi connectivity index (χ1n) is 17.1. The van der Waals surface area contributed by atoms with Crippen LogP contribution in [0.3, 0.4) is 0 Å². The molecule has 4 aromatic rings. The summed E-state index contributed by atoms with van der Waals surface area (Å²) in [6.07, 6.45) is -3.13. The molecule has 0 atom stereocenters. The van der Waals surface area contributed by atoms with Gasteiger partial charge in [-0.3, -0.25) is 14.4 Å². The third-order valence-electron chi connectivity index (χ3n) is 8.55. The summed E-state index contributed by atoms with van der Waals surface area (Å²) in [5.74, 6) is -2.05. The molecule has 1 aliphatic carbocycles. The van der Waals surface area contributed by atoms with Gasteiger partial charge in [0, 0.05) is 35.1 Å². The number of halogens is 4. The lowest BCUT2D eigenvalue weighted by molar-refractivity contribution is -0.154. The van der Waals surface area contributed by atoms with Gasteiger partial charge in [-0.25, -0.2) is 0 Å². The summed E-state index contributed by atoms with van der Waals surface area (Å²) in [4.78, 5) is 50.4. The quantitative estimate of drug-likeness (QED) is 0.0894. The summed E-state index contributed by atoms with van der Waals surface area (Å²) in [5.41, 5.74) is 2.10. The lowest BCUT2D eigenvalue weighted by atomic mass is 9.87. The number of amides is 3. The zero-order chi connectivity index (χ0) is 39.3. The molecule has 3 amide bonds. The Morgan fingerprint density at radius 3 is 1.94 bits per heavy atom. The van der Waals surface area contributed by atoms with Crippen molar-refractivity contribution in [2.24, 2.45) is 5.41 Å². The van der Waals surface area contributed by atoms with Crippen molar-refractivity contribution in [3.05, 3.63) is 94.5 Å². The number of aromatic nitrogens is 3. The molecule has 0 unspecified atom stereocenters. The van der Waals surface area contributed by atoms with Crippen LogP contribution < -0.4 is 31.3 Å². The molecule has 286 valence electrons. The van der Waals surface area contributed by atoms with Gasteiger partial charge in [0.05, 0.1) is 5.54 Å². The minimum absolute atomic E-state index is 0.0125. The van der Waals surface area contributed by atoms with Crippen LogP contribution in [0, 0.1) is 5.41 Å². The molecular formula is C38H42ClF3N8O4. The standard InChI is InChI=1S/C38H42ClF3N8O4/c1-35(2,3)24-10-16-27(17-11-24)45-31(53)30(52)44-21-36(4,5)20-43-29(51)23-6-14-28(15-7-23)46-32-47-33(49-34(48-32)54-22-38(40,41)42)50-37(18-19-37)25-8-12-26(39)13-9-25/h6-17H,18-22H2,1-5H3,(H,43,51)(H,44,52)(H,45,53)(H2,46,47,48,49,50). The van der Waals surface area contributed by atoms with Gasteiger partial charge in [0.1, 0.15) is 0 Å². The van der Waals surface area contributed by atoms with E-state index in [0.717, 1.165) is 24.0 Å². The Kier molecular flexibility index (Phi) is 11.7. The Balaban J connectivity index is 1.15. The maximum absolute atomic E-state index is 13.0. The first kappa shape index (κ1) is 39.8. The molecule has 5 rings (SSSR count). The van der Waals surface area contributed by atoms with Crippen LogP contribution in [0.15, 0.2) is 72.8 Å². The van der Waals surface area contributed by atoms with Crippen LogP contribution in [0.1, 0.15) is 68.9 Å². The van der Waals surface area contributed by atoms with E-state index < -0.39 is 41.6 Å². The maximum Gasteiger partial charge on any atom is 0.422 e. The highest BCUT2D eigenvalue weighted by atomic mass is 35.5. The molecule has 12 nitrogen and oxygen atoms in total. The van der Waals surface area contributed by atoms with E-state index in [9.17, 15) is 27.6 Å². The number of hydrogen-bond donors (Lipinski definition) is 5. The van der Waals surface area contributed by atoms with Gasteiger partial charge in [-0.1, -0.05) is 70.5 Å². The number of carbonyl (C=O) groups is 3. The van der Waals surface area contributed by atoms with Crippen molar-refractivity contribution in [1.82, 2.24) is 25.6 Å². The second kappa shape index (κ2) is 15.9. The highest BCUT2D eigenvalue weighted by molar-refractivity contribution is 6.39. The van der Waals surface area contributed by atoms with E-state index in [1.54, 1.807) is 48.5 Å². The van der Waals surface area contributed by atoms with Crippen LogP contribution in [0.2, 0.25) is 5.02 Å². The lowest BCUT2D eigenvalue weighted by Crippen LogP contribution is -2.44. The van der Waals surface area contributed by atoms with E-state index in [1.165, 1.54) is 0 Å². The van der Waals surface area contributed by atoms with Crippen molar-refractivity contribution in [2.75, 3.05) is 35.6 Å². The number of hydrogen-bond acceptors (Lipinski definition) is 9. The first-order chi connectivity index (χ1) is 25.3. The van der Waals surface area contributed by atoms with Crippen LogP contribution in [0.4, 0.5) is 36.4 Å². The molecule has 1 aliphatic rings. The highest BCUT2D eigenvalue weighted by Gasteiger charge is 2.45. The van der Waals surface area contributed by atoms with E-state index in [0.29, 0.717) is 22.0 Å². The Bertz CT molecular complexity index is 1960. The SMILES string of the molecule is CC(C)(CNC(=O)C(=O)Nc1ccc(C(C)(C)C)cc1)CNC(=O)c1ccc(Nc2nc(NC3(c4ccc(Cl)cc4)CC3)nc(OCC(F)(F)F)n2)cc1. The lowest BCUT2D eigenvalue weighted by Gasteiger charge is -2.25. The van der Waals surface area contributed by atoms with Crippen LogP contribution in [0.5, 0.6) is 6.01 Å². The van der Waals surface area contributed by atoms with E-state index in [4.69, 9.17) is 16.3 Å². The summed E-state index contributed by atoms with van der Waals surface area (Å²) in [5, 5.41) is 14.8. The monoisotopic (exact) mass is 766 g/mol. The molecule has 1 saturated carbocycles. The summed E-state index contributed by atoms with van der Waals surface area (Å²) >= 11 is 6.04. The topological polar surface area (TPSA) is 159 Å². The molecule has 0 spiro atoms. The van der Waals surface area contributed by atoms with Gasteiger partial charge in [-0.2, -0.15) is 28.1 Å². The third kappa shape index (κ3) is 11.3. The summed E-state index contributed by atoms with van der Waals surface area (Å²) in [6, 6.07) is 20.2. The third-order valence-corrected chi connectivity index (χ3v) is 8.80. The Morgan fingerprint density at radius 2 is 1.35 bits per heavy atom. The average Bonchev–Trinajstić information content (AvgIpc) is 3.89. The Labute approximate surface area is 316 Å². The number of rotatable bonds is 13. The van der Waals surface area contributed by atoms with Gasteiger partial charge >= 0.3 is 24.0 Å². The van der Waals surface area contributed by atoms with Crippen LogP contribution in [0.25, 0.3) is 0 Å². The molecule has 16 heteroatoms. The van der Waals surface area contributed by atoms with E-state index >= 15 is 0 Å². The van der Waals surface area contributed by atoms with Gasteiger partial charge in [0.15, 0.2) is 6.61 Å². The van der Waals surface area contributed by atoms with Gasteiger partial charge < -0.3 is 31.3 Å². The minimum atomic E-state index is -4.61. The van der Waals surface area contributed by atoms with E-state index in [1.807, 2.05) is 38.1 Å². The van der Waals surface area contributed by atoms with Crippen molar-refractivity contribution in [3.63, 3.8) is 0 Å². The number of benzene rings is 3. The molecule has 1 fully saturated rings. The molecule has 0 radical (unpaired) electrons. The molecule has 0 saturated heterocycles. The predicted molar refractivity (Wildman–Crippen MR) is 200 cm³/mol. The van der Waals surface area contributed by atoms with Crippen LogP contribution >= 0.6 is 11.6 Å². The molecule has 1 aromatic heterocycles. The number of anilines is 4. The number of nitrogens with one attached hydrogen (secondary N) is 5. The average molecular weight is 767 g/mol. The van der Waals surface area contributed by atoms with Gasteiger partial charge in [0.25, 0.3) is 5.91 Å². The molecule has 3 aromatic carbocycles. The smallest absolute Gasteiger partial charge is 0.422 e. The second-order valence-electron chi connectivity index (χ2n) is 14.9.